The normalized spacial score (nSPS) is 14.2. The fraction of sp³-hybridized carbons (Fsp3) is 0.0625. The maximum Gasteiger partial charge on any atom is 0.0726 e. The molecule has 14 rings (SSSR count). The molecule has 3 aliphatic carbocycles. The first-order chi connectivity index (χ1) is 32.5. The second-order valence-electron chi connectivity index (χ2n) is 18.7. The van der Waals surface area contributed by atoms with Gasteiger partial charge >= 0.3 is 0 Å². The summed E-state index contributed by atoms with van der Waals surface area (Å²) < 4.78 is 2.63. The molecule has 2 heteroatoms. The summed E-state index contributed by atoms with van der Waals surface area (Å²) in [4.78, 5) is 2.54. The number of nitrogens with zero attached hydrogens (tertiary/aromatic N) is 1. The first-order valence-electron chi connectivity index (χ1n) is 23.1. The van der Waals surface area contributed by atoms with Crippen LogP contribution < -0.4 is 4.90 Å². The zero-order valence-corrected chi connectivity index (χ0v) is 37.5. The van der Waals surface area contributed by atoms with E-state index in [1.807, 2.05) is 11.3 Å². The van der Waals surface area contributed by atoms with Gasteiger partial charge in [0.05, 0.1) is 11.1 Å². The zero-order chi connectivity index (χ0) is 43.7. The molecule has 1 heterocycles. The smallest absolute Gasteiger partial charge is 0.0726 e. The van der Waals surface area contributed by atoms with E-state index in [1.54, 1.807) is 0 Å². The molecular weight excluding hydrogens is 815 g/mol. The molecule has 310 valence electrons. The monoisotopic (exact) mass is 857 g/mol. The van der Waals surface area contributed by atoms with Gasteiger partial charge in [0.25, 0.3) is 0 Å². The van der Waals surface area contributed by atoms with E-state index in [1.165, 1.54) is 109 Å². The van der Waals surface area contributed by atoms with Crippen molar-refractivity contribution in [2.24, 2.45) is 0 Å². The molecule has 0 aliphatic heterocycles. The van der Waals surface area contributed by atoms with Crippen LogP contribution in [0.5, 0.6) is 0 Å². The minimum atomic E-state index is -0.464. The Morgan fingerprint density at radius 1 is 0.348 bits per heavy atom. The Morgan fingerprint density at radius 2 is 0.864 bits per heavy atom. The highest BCUT2D eigenvalue weighted by atomic mass is 32.1. The van der Waals surface area contributed by atoms with Crippen LogP contribution >= 0.6 is 11.3 Å². The van der Waals surface area contributed by atoms with Crippen molar-refractivity contribution in [2.45, 2.75) is 24.7 Å². The van der Waals surface area contributed by atoms with Crippen molar-refractivity contribution in [3.8, 4) is 55.6 Å². The van der Waals surface area contributed by atoms with Crippen molar-refractivity contribution in [3.63, 3.8) is 0 Å². The van der Waals surface area contributed by atoms with E-state index in [-0.39, 0.29) is 5.41 Å². The van der Waals surface area contributed by atoms with Gasteiger partial charge < -0.3 is 4.90 Å². The first-order valence-corrected chi connectivity index (χ1v) is 23.9. The van der Waals surface area contributed by atoms with Crippen molar-refractivity contribution in [3.05, 3.63) is 258 Å². The summed E-state index contributed by atoms with van der Waals surface area (Å²) >= 11 is 1.89. The van der Waals surface area contributed by atoms with Crippen LogP contribution in [0.15, 0.2) is 224 Å². The molecule has 0 saturated heterocycles. The number of rotatable bonds is 5. The van der Waals surface area contributed by atoms with Gasteiger partial charge in [0, 0.05) is 42.5 Å². The fourth-order valence-electron chi connectivity index (χ4n) is 12.3. The molecule has 10 aromatic carbocycles. The highest BCUT2D eigenvalue weighted by Crippen LogP contribution is 2.64. The van der Waals surface area contributed by atoms with E-state index in [4.69, 9.17) is 0 Å². The SMILES string of the molecule is CC1(C)c2ccccc2-c2c(-c3ccccc3N(c3cccc(-c4cccc5c4sc4ccccc45)c3)c3ccc4c(c3)C3(c5ccccc5-c5ccccc53)c3ccccc3-4)cccc21. The van der Waals surface area contributed by atoms with E-state index < -0.39 is 5.41 Å². The summed E-state index contributed by atoms with van der Waals surface area (Å²) in [5.41, 5.74) is 23.7. The Labute approximate surface area is 389 Å². The average molecular weight is 858 g/mol. The third-order valence-electron chi connectivity index (χ3n) is 15.1. The standard InChI is InChI=1S/C64H43NS/c1-63(2)53-29-9-6-25-52(53)61-50(27-17-33-57(61)63)48-23-7-13-34-59(48)65(41-19-15-18-40(38-41)43-26-16-28-51-49-24-8-14-35-60(49)66-62(43)51)42-36-37-47-46-22-5-12-32-56(46)64(58(47)39-42)54-30-10-3-20-44(54)45-21-4-11-31-55(45)64/h3-39H,1-2H3. The maximum atomic E-state index is 2.54. The highest BCUT2D eigenvalue weighted by molar-refractivity contribution is 7.26. The molecule has 0 atom stereocenters. The van der Waals surface area contributed by atoms with Crippen molar-refractivity contribution < 1.29 is 0 Å². The van der Waals surface area contributed by atoms with Crippen LogP contribution in [0.4, 0.5) is 17.1 Å². The quantitative estimate of drug-likeness (QED) is 0.167. The van der Waals surface area contributed by atoms with E-state index in [0.29, 0.717) is 0 Å². The Morgan fingerprint density at radius 3 is 1.61 bits per heavy atom. The Balaban J connectivity index is 1.04. The van der Waals surface area contributed by atoms with Gasteiger partial charge in [-0.3, -0.25) is 0 Å². The van der Waals surface area contributed by atoms with E-state index in [9.17, 15) is 0 Å². The number of hydrogen-bond donors (Lipinski definition) is 0. The first kappa shape index (κ1) is 37.6. The van der Waals surface area contributed by atoms with Crippen LogP contribution in [0, 0.1) is 0 Å². The Bertz CT molecular complexity index is 3760. The van der Waals surface area contributed by atoms with Crippen molar-refractivity contribution in [1.82, 2.24) is 0 Å². The molecule has 0 amide bonds. The molecule has 66 heavy (non-hydrogen) atoms. The number of benzene rings is 10. The van der Waals surface area contributed by atoms with Gasteiger partial charge in [-0.1, -0.05) is 202 Å². The number of para-hydroxylation sites is 1. The Hall–Kier alpha value is -7.78. The molecule has 1 aromatic heterocycles. The van der Waals surface area contributed by atoms with Crippen LogP contribution in [0.2, 0.25) is 0 Å². The number of hydrogen-bond acceptors (Lipinski definition) is 2. The van der Waals surface area contributed by atoms with E-state index in [0.717, 1.165) is 17.1 Å². The topological polar surface area (TPSA) is 3.24 Å². The summed E-state index contributed by atoms with van der Waals surface area (Å²) in [6, 6.07) is 84.5. The minimum Gasteiger partial charge on any atom is -0.310 e. The molecule has 0 fully saturated rings. The lowest BCUT2D eigenvalue weighted by atomic mass is 9.70. The molecule has 11 aromatic rings. The zero-order valence-electron chi connectivity index (χ0n) is 36.7. The van der Waals surface area contributed by atoms with Crippen molar-refractivity contribution >= 4 is 48.6 Å². The van der Waals surface area contributed by atoms with Crippen LogP contribution in [-0.2, 0) is 10.8 Å². The van der Waals surface area contributed by atoms with Crippen molar-refractivity contribution in [1.29, 1.82) is 0 Å². The fourth-order valence-corrected chi connectivity index (χ4v) is 13.5. The minimum absolute atomic E-state index is 0.115. The average Bonchev–Trinajstić information content (AvgIpc) is 4.06. The molecule has 0 bridgehead atoms. The lowest BCUT2D eigenvalue weighted by Crippen LogP contribution is -2.26. The molecule has 1 nitrogen and oxygen atoms in total. The summed E-state index contributed by atoms with van der Waals surface area (Å²) in [5.74, 6) is 0. The lowest BCUT2D eigenvalue weighted by Gasteiger charge is -2.33. The second-order valence-corrected chi connectivity index (χ2v) is 19.8. The van der Waals surface area contributed by atoms with Crippen LogP contribution in [0.1, 0.15) is 47.2 Å². The van der Waals surface area contributed by atoms with Gasteiger partial charge in [0.1, 0.15) is 0 Å². The second kappa shape index (κ2) is 13.9. The van der Waals surface area contributed by atoms with Gasteiger partial charge in [0.15, 0.2) is 0 Å². The third kappa shape index (κ3) is 5.00. The van der Waals surface area contributed by atoms with E-state index >= 15 is 0 Å². The number of anilines is 3. The summed E-state index contributed by atoms with van der Waals surface area (Å²) in [6.07, 6.45) is 0. The molecule has 0 unspecified atom stereocenters. The number of thiophene rings is 1. The predicted molar refractivity (Wildman–Crippen MR) is 279 cm³/mol. The molecule has 0 N–H and O–H groups in total. The summed E-state index contributed by atoms with van der Waals surface area (Å²) in [7, 11) is 0. The van der Waals surface area contributed by atoms with Gasteiger partial charge in [-0.2, -0.15) is 0 Å². The molecular formula is C64H43NS. The van der Waals surface area contributed by atoms with Gasteiger partial charge in [-0.25, -0.2) is 0 Å². The summed E-state index contributed by atoms with van der Waals surface area (Å²) in [5, 5.41) is 2.62. The van der Waals surface area contributed by atoms with Gasteiger partial charge in [0.2, 0.25) is 0 Å². The van der Waals surface area contributed by atoms with Crippen LogP contribution in [0.3, 0.4) is 0 Å². The predicted octanol–water partition coefficient (Wildman–Crippen LogP) is 17.5. The maximum absolute atomic E-state index is 2.54. The summed E-state index contributed by atoms with van der Waals surface area (Å²) in [6.45, 7) is 4.75. The lowest BCUT2D eigenvalue weighted by molar-refractivity contribution is 0.660. The molecule has 0 saturated carbocycles. The third-order valence-corrected chi connectivity index (χ3v) is 16.3. The number of fused-ring (bicyclic) bond motifs is 16. The highest BCUT2D eigenvalue weighted by Gasteiger charge is 2.51. The van der Waals surface area contributed by atoms with Crippen LogP contribution in [0.25, 0.3) is 75.8 Å². The molecule has 0 radical (unpaired) electrons. The van der Waals surface area contributed by atoms with Crippen LogP contribution in [-0.4, -0.2) is 0 Å². The van der Waals surface area contributed by atoms with Gasteiger partial charge in [-0.05, 0) is 120 Å². The van der Waals surface area contributed by atoms with E-state index in [2.05, 4.69) is 243 Å². The molecule has 3 aliphatic rings. The largest absolute Gasteiger partial charge is 0.310 e. The van der Waals surface area contributed by atoms with Crippen molar-refractivity contribution in [2.75, 3.05) is 4.90 Å². The molecule has 1 spiro atoms. The van der Waals surface area contributed by atoms with Gasteiger partial charge in [-0.15, -0.1) is 11.3 Å². The Kier molecular flexibility index (Phi) is 7.89.